The Bertz CT molecular complexity index is 137. The second-order valence-electron chi connectivity index (χ2n) is 3.36. The van der Waals surface area contributed by atoms with Crippen LogP contribution in [0.3, 0.4) is 0 Å². The average molecular weight is 186 g/mol. The molecule has 0 fully saturated rings. The summed E-state index contributed by atoms with van der Waals surface area (Å²) in [6.07, 6.45) is 4.80. The normalized spacial score (nSPS) is 12.5. The molecule has 0 spiro atoms. The van der Waals surface area contributed by atoms with Crippen molar-refractivity contribution in [3.63, 3.8) is 0 Å². The number of amides is 1. The van der Waals surface area contributed by atoms with Crippen LogP contribution >= 0.6 is 0 Å². The molecule has 13 heavy (non-hydrogen) atoms. The molecule has 3 heteroatoms. The summed E-state index contributed by atoms with van der Waals surface area (Å²) in [7, 11) is 1.79. The van der Waals surface area contributed by atoms with Crippen LogP contribution in [0.1, 0.15) is 39.5 Å². The zero-order chi connectivity index (χ0) is 10.1. The topological polar surface area (TPSA) is 41.1 Å². The van der Waals surface area contributed by atoms with Crippen molar-refractivity contribution in [1.82, 2.24) is 10.6 Å². The highest BCUT2D eigenvalue weighted by Crippen LogP contribution is 1.96. The van der Waals surface area contributed by atoms with Gasteiger partial charge in [-0.1, -0.05) is 26.2 Å². The van der Waals surface area contributed by atoms with Gasteiger partial charge in [0, 0.05) is 6.54 Å². The lowest BCUT2D eigenvalue weighted by atomic mass is 10.2. The van der Waals surface area contributed by atoms with Gasteiger partial charge < -0.3 is 10.6 Å². The SMILES string of the molecule is CCCCCCNC(=O)C(C)NC. The van der Waals surface area contributed by atoms with Crippen LogP contribution in [-0.4, -0.2) is 25.5 Å². The summed E-state index contributed by atoms with van der Waals surface area (Å²) in [4.78, 5) is 11.2. The molecular formula is C10H22N2O. The van der Waals surface area contributed by atoms with Crippen molar-refractivity contribution in [2.24, 2.45) is 0 Å². The Hall–Kier alpha value is -0.570. The van der Waals surface area contributed by atoms with Crippen molar-refractivity contribution in [2.75, 3.05) is 13.6 Å². The molecule has 1 unspecified atom stereocenters. The molecule has 0 saturated heterocycles. The van der Waals surface area contributed by atoms with E-state index in [0.29, 0.717) is 0 Å². The second-order valence-corrected chi connectivity index (χ2v) is 3.36. The number of hydrogen-bond donors (Lipinski definition) is 2. The number of nitrogens with one attached hydrogen (secondary N) is 2. The van der Waals surface area contributed by atoms with E-state index in [1.54, 1.807) is 7.05 Å². The van der Waals surface area contributed by atoms with Gasteiger partial charge in [0.05, 0.1) is 6.04 Å². The summed E-state index contributed by atoms with van der Waals surface area (Å²) in [6.45, 7) is 4.86. The summed E-state index contributed by atoms with van der Waals surface area (Å²) in [5, 5.41) is 5.80. The van der Waals surface area contributed by atoms with Gasteiger partial charge >= 0.3 is 0 Å². The van der Waals surface area contributed by atoms with Crippen molar-refractivity contribution in [3.8, 4) is 0 Å². The molecule has 0 aromatic carbocycles. The van der Waals surface area contributed by atoms with Crippen molar-refractivity contribution in [2.45, 2.75) is 45.6 Å². The Balaban J connectivity index is 3.27. The van der Waals surface area contributed by atoms with Gasteiger partial charge in [-0.25, -0.2) is 0 Å². The van der Waals surface area contributed by atoms with Crippen molar-refractivity contribution in [3.05, 3.63) is 0 Å². The predicted molar refractivity (Wildman–Crippen MR) is 55.7 cm³/mol. The quantitative estimate of drug-likeness (QED) is 0.588. The molecule has 1 amide bonds. The minimum absolute atomic E-state index is 0.0776. The molecule has 0 aromatic heterocycles. The third-order valence-electron chi connectivity index (χ3n) is 2.16. The van der Waals surface area contributed by atoms with Crippen LogP contribution in [0.5, 0.6) is 0 Å². The molecule has 0 aromatic rings. The molecule has 3 nitrogen and oxygen atoms in total. The van der Waals surface area contributed by atoms with Gasteiger partial charge in [-0.3, -0.25) is 4.79 Å². The fourth-order valence-corrected chi connectivity index (χ4v) is 1.05. The third kappa shape index (κ3) is 6.58. The Kier molecular flexibility index (Phi) is 7.69. The zero-order valence-electron chi connectivity index (χ0n) is 9.02. The summed E-state index contributed by atoms with van der Waals surface area (Å²) >= 11 is 0. The standard InChI is InChI=1S/C10H22N2O/c1-4-5-6-7-8-12-10(13)9(2)11-3/h9,11H,4-8H2,1-3H3,(H,12,13). The first-order valence-electron chi connectivity index (χ1n) is 5.17. The molecule has 0 aliphatic carbocycles. The van der Waals surface area contributed by atoms with Gasteiger partial charge in [0.2, 0.25) is 5.91 Å². The lowest BCUT2D eigenvalue weighted by Crippen LogP contribution is -2.40. The summed E-state index contributed by atoms with van der Waals surface area (Å²) in [6, 6.07) is -0.0776. The fraction of sp³-hybridized carbons (Fsp3) is 0.900. The van der Waals surface area contributed by atoms with Gasteiger partial charge in [0.15, 0.2) is 0 Å². The van der Waals surface area contributed by atoms with Gasteiger partial charge in [0.25, 0.3) is 0 Å². The maximum atomic E-state index is 11.2. The van der Waals surface area contributed by atoms with Crippen LogP contribution in [-0.2, 0) is 4.79 Å². The average Bonchev–Trinajstić information content (AvgIpc) is 2.16. The molecule has 0 heterocycles. The molecule has 0 radical (unpaired) electrons. The van der Waals surface area contributed by atoms with E-state index in [-0.39, 0.29) is 11.9 Å². The molecule has 0 aliphatic heterocycles. The second kappa shape index (κ2) is 8.05. The van der Waals surface area contributed by atoms with E-state index >= 15 is 0 Å². The van der Waals surface area contributed by atoms with Crippen molar-refractivity contribution >= 4 is 5.91 Å². The van der Waals surface area contributed by atoms with E-state index in [4.69, 9.17) is 0 Å². The summed E-state index contributed by atoms with van der Waals surface area (Å²) < 4.78 is 0. The maximum Gasteiger partial charge on any atom is 0.236 e. The number of rotatable bonds is 7. The number of hydrogen-bond acceptors (Lipinski definition) is 2. The van der Waals surface area contributed by atoms with Crippen LogP contribution in [0.15, 0.2) is 0 Å². The smallest absolute Gasteiger partial charge is 0.236 e. The van der Waals surface area contributed by atoms with E-state index < -0.39 is 0 Å². The van der Waals surface area contributed by atoms with Gasteiger partial charge in [-0.05, 0) is 20.4 Å². The molecule has 1 atom stereocenters. The van der Waals surface area contributed by atoms with Crippen LogP contribution < -0.4 is 10.6 Å². The van der Waals surface area contributed by atoms with E-state index in [9.17, 15) is 4.79 Å². The third-order valence-corrected chi connectivity index (χ3v) is 2.16. The van der Waals surface area contributed by atoms with Gasteiger partial charge in [0.1, 0.15) is 0 Å². The van der Waals surface area contributed by atoms with Crippen molar-refractivity contribution < 1.29 is 4.79 Å². The highest BCUT2D eigenvalue weighted by Gasteiger charge is 2.07. The zero-order valence-corrected chi connectivity index (χ0v) is 9.02. The number of unbranched alkanes of at least 4 members (excludes halogenated alkanes) is 3. The Labute approximate surface area is 81.3 Å². The summed E-state index contributed by atoms with van der Waals surface area (Å²) in [5.74, 6) is 0.0963. The molecule has 0 bridgehead atoms. The Morgan fingerprint density at radius 2 is 2.00 bits per heavy atom. The summed E-state index contributed by atoms with van der Waals surface area (Å²) in [5.41, 5.74) is 0. The highest BCUT2D eigenvalue weighted by atomic mass is 16.2. The van der Waals surface area contributed by atoms with Crippen molar-refractivity contribution in [1.29, 1.82) is 0 Å². The lowest BCUT2D eigenvalue weighted by Gasteiger charge is -2.10. The van der Waals surface area contributed by atoms with Crippen LogP contribution in [0.25, 0.3) is 0 Å². The Morgan fingerprint density at radius 1 is 1.31 bits per heavy atom. The monoisotopic (exact) mass is 186 g/mol. The number of likely N-dealkylation sites (N-methyl/N-ethyl adjacent to an activating group) is 1. The van der Waals surface area contributed by atoms with E-state index in [0.717, 1.165) is 13.0 Å². The highest BCUT2D eigenvalue weighted by molar-refractivity contribution is 5.81. The van der Waals surface area contributed by atoms with Crippen LogP contribution in [0, 0.1) is 0 Å². The molecule has 78 valence electrons. The molecule has 2 N–H and O–H groups in total. The lowest BCUT2D eigenvalue weighted by molar-refractivity contribution is -0.122. The van der Waals surface area contributed by atoms with Gasteiger partial charge in [-0.2, -0.15) is 0 Å². The van der Waals surface area contributed by atoms with E-state index in [2.05, 4.69) is 17.6 Å². The number of carbonyl (C=O) groups excluding carboxylic acids is 1. The van der Waals surface area contributed by atoms with Crippen LogP contribution in [0.2, 0.25) is 0 Å². The van der Waals surface area contributed by atoms with Gasteiger partial charge in [-0.15, -0.1) is 0 Å². The Morgan fingerprint density at radius 3 is 2.54 bits per heavy atom. The van der Waals surface area contributed by atoms with Crippen LogP contribution in [0.4, 0.5) is 0 Å². The molecule has 0 saturated carbocycles. The number of carbonyl (C=O) groups is 1. The first-order valence-corrected chi connectivity index (χ1v) is 5.17. The van der Waals surface area contributed by atoms with E-state index in [1.165, 1.54) is 19.3 Å². The fourth-order valence-electron chi connectivity index (χ4n) is 1.05. The molecule has 0 aliphatic rings. The minimum atomic E-state index is -0.0776. The molecule has 0 rings (SSSR count). The minimum Gasteiger partial charge on any atom is -0.355 e. The maximum absolute atomic E-state index is 11.2. The predicted octanol–water partition coefficient (Wildman–Crippen LogP) is 1.29. The molecular weight excluding hydrogens is 164 g/mol. The first kappa shape index (κ1) is 12.4. The van der Waals surface area contributed by atoms with E-state index in [1.807, 2.05) is 6.92 Å². The first-order chi connectivity index (χ1) is 6.22. The largest absolute Gasteiger partial charge is 0.355 e.